The lowest BCUT2D eigenvalue weighted by atomic mass is 10.0. The van der Waals surface area contributed by atoms with Crippen LogP contribution >= 0.6 is 0 Å². The monoisotopic (exact) mass is 441 g/mol. The zero-order valence-corrected chi connectivity index (χ0v) is 20.0. The number of nitrogens with one attached hydrogen (secondary N) is 2. The number of benzene rings is 1. The smallest absolute Gasteiger partial charge is 0.191 e. The largest absolute Gasteiger partial charge is 0.383 e. The number of hydrogen-bond donors (Lipinski definition) is 3. The minimum absolute atomic E-state index is 0.273. The van der Waals surface area contributed by atoms with E-state index in [1.54, 1.807) is 17.8 Å². The summed E-state index contributed by atoms with van der Waals surface area (Å²) in [7, 11) is 1.84. The third-order valence-corrected chi connectivity index (χ3v) is 5.90. The summed E-state index contributed by atoms with van der Waals surface area (Å²) in [6, 6.07) is 8.77. The Morgan fingerprint density at radius 2 is 2.00 bits per heavy atom. The molecule has 3 N–H and O–H groups in total. The van der Waals surface area contributed by atoms with Crippen molar-refractivity contribution in [1.82, 2.24) is 25.3 Å². The minimum Gasteiger partial charge on any atom is -0.383 e. The molecule has 0 bridgehead atoms. The van der Waals surface area contributed by atoms with E-state index in [-0.39, 0.29) is 6.54 Å². The molecule has 8 heteroatoms. The zero-order chi connectivity index (χ0) is 23.0. The highest BCUT2D eigenvalue weighted by Gasteiger charge is 2.24. The standard InChI is InChI=1S/C24H39N7O/c1-5-25-23(27-19-24(3,32)21-17-28-29(4)18-21)26-10-7-11-30-12-14-31(15-13-30)22-9-6-8-20(2)16-22/h6,8-9,16-18,32H,5,7,10-15,19H2,1-4H3,(H2,25,26,27). The number of piperazine rings is 1. The molecule has 1 aromatic carbocycles. The fourth-order valence-corrected chi connectivity index (χ4v) is 3.93. The summed E-state index contributed by atoms with van der Waals surface area (Å²) in [6.45, 7) is 13.3. The Hall–Kier alpha value is -2.58. The van der Waals surface area contributed by atoms with Crippen LogP contribution < -0.4 is 15.5 Å². The molecule has 0 amide bonds. The highest BCUT2D eigenvalue weighted by atomic mass is 16.3. The summed E-state index contributed by atoms with van der Waals surface area (Å²) in [6.07, 6.45) is 4.57. The normalized spacial score (nSPS) is 17.3. The first-order valence-corrected chi connectivity index (χ1v) is 11.6. The van der Waals surface area contributed by atoms with Gasteiger partial charge in [-0.05, 0) is 51.4 Å². The summed E-state index contributed by atoms with van der Waals surface area (Å²) in [5.41, 5.74) is 2.37. The van der Waals surface area contributed by atoms with Crippen molar-refractivity contribution >= 4 is 11.6 Å². The van der Waals surface area contributed by atoms with E-state index in [1.807, 2.05) is 20.2 Å². The molecule has 1 aliphatic heterocycles. The van der Waals surface area contributed by atoms with Gasteiger partial charge in [0.25, 0.3) is 0 Å². The van der Waals surface area contributed by atoms with Gasteiger partial charge in [-0.25, -0.2) is 4.99 Å². The summed E-state index contributed by atoms with van der Waals surface area (Å²) < 4.78 is 1.69. The van der Waals surface area contributed by atoms with E-state index in [1.165, 1.54) is 11.3 Å². The molecule has 1 aromatic heterocycles. The highest BCUT2D eigenvalue weighted by Crippen LogP contribution is 2.20. The molecule has 0 saturated carbocycles. The van der Waals surface area contributed by atoms with Crippen molar-refractivity contribution in [2.45, 2.75) is 32.8 Å². The van der Waals surface area contributed by atoms with Crippen molar-refractivity contribution in [3.63, 3.8) is 0 Å². The molecule has 1 atom stereocenters. The first kappa shape index (κ1) is 24.1. The van der Waals surface area contributed by atoms with E-state index in [4.69, 9.17) is 0 Å². The molecule has 8 nitrogen and oxygen atoms in total. The van der Waals surface area contributed by atoms with Crippen molar-refractivity contribution in [1.29, 1.82) is 0 Å². The van der Waals surface area contributed by atoms with E-state index >= 15 is 0 Å². The van der Waals surface area contributed by atoms with Gasteiger partial charge in [0.2, 0.25) is 0 Å². The van der Waals surface area contributed by atoms with E-state index in [9.17, 15) is 5.11 Å². The van der Waals surface area contributed by atoms with Gasteiger partial charge in [0.15, 0.2) is 5.96 Å². The minimum atomic E-state index is -1.05. The van der Waals surface area contributed by atoms with Crippen LogP contribution in [-0.4, -0.2) is 78.1 Å². The molecule has 1 aliphatic rings. The van der Waals surface area contributed by atoms with E-state index in [2.05, 4.69) is 61.7 Å². The number of aliphatic imine (C=N–C) groups is 1. The van der Waals surface area contributed by atoms with Gasteiger partial charge in [0.05, 0.1) is 12.7 Å². The van der Waals surface area contributed by atoms with Crippen LogP contribution in [0.15, 0.2) is 41.7 Å². The molecule has 1 unspecified atom stereocenters. The number of nitrogens with zero attached hydrogens (tertiary/aromatic N) is 5. The molecule has 0 aliphatic carbocycles. The topological polar surface area (TPSA) is 80.9 Å². The molecule has 1 fully saturated rings. The molecular weight excluding hydrogens is 402 g/mol. The second kappa shape index (κ2) is 11.3. The zero-order valence-electron chi connectivity index (χ0n) is 20.0. The van der Waals surface area contributed by atoms with Crippen LogP contribution in [0.2, 0.25) is 0 Å². The molecule has 1 saturated heterocycles. The first-order valence-electron chi connectivity index (χ1n) is 11.6. The predicted molar refractivity (Wildman–Crippen MR) is 131 cm³/mol. The van der Waals surface area contributed by atoms with Crippen LogP contribution in [0.3, 0.4) is 0 Å². The van der Waals surface area contributed by atoms with Crippen molar-refractivity contribution in [2.75, 3.05) is 57.3 Å². The van der Waals surface area contributed by atoms with Crippen LogP contribution in [0.25, 0.3) is 0 Å². The van der Waals surface area contributed by atoms with E-state index in [0.717, 1.165) is 63.8 Å². The lowest BCUT2D eigenvalue weighted by molar-refractivity contribution is 0.0672. The summed E-state index contributed by atoms with van der Waals surface area (Å²) >= 11 is 0. The summed E-state index contributed by atoms with van der Waals surface area (Å²) in [5, 5.41) is 21.6. The lowest BCUT2D eigenvalue weighted by Gasteiger charge is -2.36. The van der Waals surface area contributed by atoms with Gasteiger partial charge < -0.3 is 20.6 Å². The maximum Gasteiger partial charge on any atom is 0.191 e. The van der Waals surface area contributed by atoms with Crippen molar-refractivity contribution in [3.8, 4) is 0 Å². The highest BCUT2D eigenvalue weighted by molar-refractivity contribution is 5.79. The quantitative estimate of drug-likeness (QED) is 0.312. The Bertz CT molecular complexity index is 869. The number of guanidine groups is 1. The van der Waals surface area contributed by atoms with Crippen molar-refractivity contribution in [3.05, 3.63) is 47.8 Å². The van der Waals surface area contributed by atoms with Gasteiger partial charge in [-0.3, -0.25) is 9.58 Å². The Morgan fingerprint density at radius 3 is 2.66 bits per heavy atom. The number of aliphatic hydroxyl groups is 1. The Labute approximate surface area is 192 Å². The Balaban J connectivity index is 1.40. The van der Waals surface area contributed by atoms with E-state index < -0.39 is 5.60 Å². The number of aromatic nitrogens is 2. The average Bonchev–Trinajstić information content (AvgIpc) is 3.23. The van der Waals surface area contributed by atoms with Gasteiger partial charge in [0, 0.05) is 63.8 Å². The molecule has 0 radical (unpaired) electrons. The second-order valence-corrected chi connectivity index (χ2v) is 8.82. The van der Waals surface area contributed by atoms with Crippen LogP contribution in [0.4, 0.5) is 5.69 Å². The Kier molecular flexibility index (Phi) is 8.53. The first-order chi connectivity index (χ1) is 15.4. The van der Waals surface area contributed by atoms with Crippen molar-refractivity contribution in [2.24, 2.45) is 12.0 Å². The van der Waals surface area contributed by atoms with Gasteiger partial charge in [-0.2, -0.15) is 5.10 Å². The van der Waals surface area contributed by atoms with Crippen molar-refractivity contribution < 1.29 is 5.11 Å². The Morgan fingerprint density at radius 1 is 1.22 bits per heavy atom. The molecule has 176 valence electrons. The third kappa shape index (κ3) is 6.97. The summed E-state index contributed by atoms with van der Waals surface area (Å²) in [4.78, 5) is 9.60. The van der Waals surface area contributed by atoms with Gasteiger partial charge in [-0.15, -0.1) is 0 Å². The summed E-state index contributed by atoms with van der Waals surface area (Å²) in [5.74, 6) is 0.737. The molecule has 2 aromatic rings. The van der Waals surface area contributed by atoms with Crippen LogP contribution in [0, 0.1) is 6.92 Å². The maximum absolute atomic E-state index is 10.8. The fraction of sp³-hybridized carbons (Fsp3) is 0.583. The van der Waals surface area contributed by atoms with Crippen LogP contribution in [0.5, 0.6) is 0 Å². The van der Waals surface area contributed by atoms with E-state index in [0.29, 0.717) is 0 Å². The van der Waals surface area contributed by atoms with Gasteiger partial charge in [0.1, 0.15) is 5.60 Å². The molecule has 0 spiro atoms. The van der Waals surface area contributed by atoms with Crippen LogP contribution in [-0.2, 0) is 12.6 Å². The number of aryl methyl sites for hydroxylation is 2. The number of anilines is 1. The SMILES string of the molecule is CCNC(=NCC(C)(O)c1cnn(C)c1)NCCCN1CCN(c2cccc(C)c2)CC1. The van der Waals surface area contributed by atoms with Crippen LogP contribution in [0.1, 0.15) is 31.4 Å². The second-order valence-electron chi connectivity index (χ2n) is 8.82. The maximum atomic E-state index is 10.8. The molecular formula is C24H39N7O. The lowest BCUT2D eigenvalue weighted by Crippen LogP contribution is -2.47. The average molecular weight is 442 g/mol. The van der Waals surface area contributed by atoms with Gasteiger partial charge in [-0.1, -0.05) is 12.1 Å². The predicted octanol–water partition coefficient (Wildman–Crippen LogP) is 1.70. The van der Waals surface area contributed by atoms with Gasteiger partial charge >= 0.3 is 0 Å². The number of rotatable bonds is 9. The molecule has 2 heterocycles. The third-order valence-electron chi connectivity index (χ3n) is 5.90. The molecule has 32 heavy (non-hydrogen) atoms. The fourth-order valence-electron chi connectivity index (χ4n) is 3.93. The number of hydrogen-bond acceptors (Lipinski definition) is 5. The molecule has 3 rings (SSSR count).